The number of nitrogens with one attached hydrogen (secondary N) is 1. The molecule has 3 N–H and O–H groups in total. The number of rotatable bonds is 6. The summed E-state index contributed by atoms with van der Waals surface area (Å²) < 4.78 is 16.9. The molecule has 1 aliphatic heterocycles. The van der Waals surface area contributed by atoms with Gasteiger partial charge < -0.3 is 16.0 Å². The van der Waals surface area contributed by atoms with Crippen molar-refractivity contribution in [3.05, 3.63) is 84.0 Å². The number of anilines is 1. The van der Waals surface area contributed by atoms with E-state index in [2.05, 4.69) is 21.9 Å². The van der Waals surface area contributed by atoms with Crippen molar-refractivity contribution in [1.29, 1.82) is 5.26 Å². The van der Waals surface area contributed by atoms with Crippen molar-refractivity contribution in [1.82, 2.24) is 30.0 Å². The third-order valence-corrected chi connectivity index (χ3v) is 6.77. The zero-order valence-electron chi connectivity index (χ0n) is 21.0. The molecule has 1 saturated heterocycles. The molecule has 39 heavy (non-hydrogen) atoms. The van der Waals surface area contributed by atoms with E-state index in [4.69, 9.17) is 16.1 Å². The minimum absolute atomic E-state index is 0.0442. The van der Waals surface area contributed by atoms with E-state index < -0.39 is 11.7 Å². The Bertz CT molecular complexity index is 1640. The van der Waals surface area contributed by atoms with Crippen molar-refractivity contribution >= 4 is 28.7 Å². The van der Waals surface area contributed by atoms with Crippen LogP contribution >= 0.6 is 0 Å². The Hall–Kier alpha value is -5.11. The molecule has 0 aliphatic carbocycles. The number of carbonyl (C=O) groups is 2. The molecule has 10 nitrogen and oxygen atoms in total. The Morgan fingerprint density at radius 1 is 1.26 bits per heavy atom. The van der Waals surface area contributed by atoms with E-state index >= 15 is 4.39 Å². The summed E-state index contributed by atoms with van der Waals surface area (Å²) in [5.74, 6) is -0.876. The summed E-state index contributed by atoms with van der Waals surface area (Å²) in [4.78, 5) is 34.9. The molecule has 0 unspecified atom stereocenters. The van der Waals surface area contributed by atoms with Crippen LogP contribution in [0.2, 0.25) is 0 Å². The molecule has 4 aromatic rings. The van der Waals surface area contributed by atoms with Crippen molar-refractivity contribution in [3.8, 4) is 17.3 Å². The van der Waals surface area contributed by atoms with Crippen LogP contribution in [0.15, 0.2) is 61.4 Å². The zero-order chi connectivity index (χ0) is 27.5. The largest absolute Gasteiger partial charge is 0.383 e. The minimum Gasteiger partial charge on any atom is -0.383 e. The zero-order valence-corrected chi connectivity index (χ0v) is 21.0. The second kappa shape index (κ2) is 10.7. The lowest BCUT2D eigenvalue weighted by Crippen LogP contribution is -2.40. The number of halogens is 1. The first kappa shape index (κ1) is 25.5. The van der Waals surface area contributed by atoms with Crippen LogP contribution < -0.4 is 11.1 Å². The molecule has 0 bridgehead atoms. The van der Waals surface area contributed by atoms with Crippen LogP contribution in [-0.2, 0) is 11.3 Å². The van der Waals surface area contributed by atoms with Gasteiger partial charge in [-0.2, -0.15) is 10.4 Å². The Kier molecular flexibility index (Phi) is 7.01. The average Bonchev–Trinajstić information content (AvgIpc) is 3.37. The first-order valence-electron chi connectivity index (χ1n) is 12.4. The maximum Gasteiger partial charge on any atom is 0.251 e. The van der Waals surface area contributed by atoms with Crippen molar-refractivity contribution in [2.24, 2.45) is 0 Å². The third-order valence-electron chi connectivity index (χ3n) is 6.77. The van der Waals surface area contributed by atoms with Crippen LogP contribution in [0.3, 0.4) is 0 Å². The van der Waals surface area contributed by atoms with Gasteiger partial charge in [-0.15, -0.1) is 0 Å². The van der Waals surface area contributed by atoms with Gasteiger partial charge in [0.25, 0.3) is 5.91 Å². The topological polar surface area (TPSA) is 143 Å². The number of nitrogen functional groups attached to an aromatic ring is 1. The van der Waals surface area contributed by atoms with E-state index in [1.165, 1.54) is 24.5 Å². The summed E-state index contributed by atoms with van der Waals surface area (Å²) in [5.41, 5.74) is 8.58. The smallest absolute Gasteiger partial charge is 0.251 e. The number of hydrogen-bond acceptors (Lipinski definition) is 7. The molecular weight excluding hydrogens is 499 g/mol. The van der Waals surface area contributed by atoms with Crippen LogP contribution in [-0.4, -0.2) is 49.6 Å². The molecule has 1 fully saturated rings. The average molecular weight is 525 g/mol. The maximum atomic E-state index is 15.2. The van der Waals surface area contributed by atoms with Crippen LogP contribution in [0, 0.1) is 17.1 Å². The fourth-order valence-electron chi connectivity index (χ4n) is 4.78. The monoisotopic (exact) mass is 524 g/mol. The first-order valence-corrected chi connectivity index (χ1v) is 12.4. The van der Waals surface area contributed by atoms with E-state index in [-0.39, 0.29) is 29.9 Å². The summed E-state index contributed by atoms with van der Waals surface area (Å²) in [5, 5.41) is 17.0. The Morgan fingerprint density at radius 2 is 2.10 bits per heavy atom. The summed E-state index contributed by atoms with van der Waals surface area (Å²) in [6, 6.07) is 12.7. The van der Waals surface area contributed by atoms with Gasteiger partial charge in [-0.3, -0.25) is 9.59 Å². The number of aromatic nitrogens is 4. The maximum absolute atomic E-state index is 15.2. The highest BCUT2D eigenvalue weighted by atomic mass is 19.1. The second-order valence-electron chi connectivity index (χ2n) is 9.22. The van der Waals surface area contributed by atoms with E-state index in [1.54, 1.807) is 39.9 Å². The normalized spacial score (nSPS) is 15.1. The number of nitriles is 1. The summed E-state index contributed by atoms with van der Waals surface area (Å²) in [6.45, 7) is 4.61. The minimum atomic E-state index is -0.530. The molecule has 1 aliphatic rings. The lowest BCUT2D eigenvalue weighted by atomic mass is 10.1. The highest BCUT2D eigenvalue weighted by Crippen LogP contribution is 2.34. The molecule has 0 saturated carbocycles. The van der Waals surface area contributed by atoms with Crippen LogP contribution in [0.1, 0.15) is 40.4 Å². The molecular formula is C28H25FN8O2. The van der Waals surface area contributed by atoms with Gasteiger partial charge in [0.1, 0.15) is 23.7 Å². The molecule has 2 amide bonds. The predicted octanol–water partition coefficient (Wildman–Crippen LogP) is 3.37. The standard InChI is InChI=1S/C28H25FN8O2/c1-2-23(38)36-10-4-7-21(15-36)37-27-24(26(31)33-16-34-27)25(35-37)18-8-9-20(22(29)12-18)14-32-28(39)19-6-3-5-17(11-19)13-30/h2-3,5-6,8-9,11-12,16,21H,1,4,7,10,14-15H2,(H,32,39)(H2,31,33,34)/t21-/m1/s1. The predicted molar refractivity (Wildman–Crippen MR) is 143 cm³/mol. The number of likely N-dealkylation sites (tertiary alicyclic amines) is 1. The molecule has 0 radical (unpaired) electrons. The fraction of sp³-hybridized carbons (Fsp3) is 0.214. The molecule has 2 aromatic carbocycles. The number of nitrogens with zero attached hydrogens (tertiary/aromatic N) is 6. The number of amides is 2. The number of benzene rings is 2. The molecule has 0 spiro atoms. The fourth-order valence-corrected chi connectivity index (χ4v) is 4.78. The van der Waals surface area contributed by atoms with Gasteiger partial charge in [0.05, 0.1) is 23.1 Å². The quantitative estimate of drug-likeness (QED) is 0.368. The molecule has 2 aromatic heterocycles. The highest BCUT2D eigenvalue weighted by molar-refractivity contribution is 5.98. The third kappa shape index (κ3) is 5.04. The Balaban J connectivity index is 1.42. The van der Waals surface area contributed by atoms with Gasteiger partial charge in [0.15, 0.2) is 5.65 Å². The van der Waals surface area contributed by atoms with Gasteiger partial charge in [0.2, 0.25) is 5.91 Å². The Labute approximate surface area is 223 Å². The number of carbonyl (C=O) groups excluding carboxylic acids is 2. The summed E-state index contributed by atoms with van der Waals surface area (Å²) in [6.07, 6.45) is 4.22. The van der Waals surface area contributed by atoms with Crippen LogP contribution in [0.5, 0.6) is 0 Å². The molecule has 196 valence electrons. The Morgan fingerprint density at radius 3 is 2.87 bits per heavy atom. The van der Waals surface area contributed by atoms with Gasteiger partial charge in [-0.05, 0) is 43.2 Å². The second-order valence-corrected chi connectivity index (χ2v) is 9.22. The number of piperidine rings is 1. The van der Waals surface area contributed by atoms with E-state index in [1.807, 2.05) is 6.07 Å². The van der Waals surface area contributed by atoms with Gasteiger partial charge in [-0.1, -0.05) is 24.8 Å². The molecule has 1 atom stereocenters. The van der Waals surface area contributed by atoms with Gasteiger partial charge in [-0.25, -0.2) is 19.0 Å². The summed E-state index contributed by atoms with van der Waals surface area (Å²) in [7, 11) is 0. The SMILES string of the molecule is C=CC(=O)N1CCC[C@@H](n2nc(-c3ccc(CNC(=O)c4cccc(C#N)c4)c(F)c3)c3c(N)ncnc32)C1. The summed E-state index contributed by atoms with van der Waals surface area (Å²) >= 11 is 0. The van der Waals surface area contributed by atoms with E-state index in [9.17, 15) is 9.59 Å². The number of hydrogen-bond donors (Lipinski definition) is 2. The molecule has 11 heteroatoms. The first-order chi connectivity index (χ1) is 18.9. The molecule has 3 heterocycles. The van der Waals surface area contributed by atoms with Crippen LogP contribution in [0.4, 0.5) is 10.2 Å². The van der Waals surface area contributed by atoms with Crippen molar-refractivity contribution < 1.29 is 14.0 Å². The van der Waals surface area contributed by atoms with Crippen molar-refractivity contribution in [3.63, 3.8) is 0 Å². The van der Waals surface area contributed by atoms with Gasteiger partial charge in [0, 0.05) is 36.3 Å². The van der Waals surface area contributed by atoms with Crippen molar-refractivity contribution in [2.75, 3.05) is 18.8 Å². The van der Waals surface area contributed by atoms with Crippen molar-refractivity contribution in [2.45, 2.75) is 25.4 Å². The lowest BCUT2D eigenvalue weighted by Gasteiger charge is -2.32. The highest BCUT2D eigenvalue weighted by Gasteiger charge is 2.28. The molecule has 5 rings (SSSR count). The van der Waals surface area contributed by atoms with Gasteiger partial charge >= 0.3 is 0 Å². The van der Waals surface area contributed by atoms with E-state index in [0.717, 1.165) is 12.8 Å². The number of nitrogens with two attached hydrogens (primary N) is 1. The van der Waals surface area contributed by atoms with E-state index in [0.29, 0.717) is 46.5 Å². The lowest BCUT2D eigenvalue weighted by molar-refractivity contribution is -0.127. The van der Waals surface area contributed by atoms with Crippen LogP contribution in [0.25, 0.3) is 22.3 Å². The number of fused-ring (bicyclic) bond motifs is 1.